The Kier molecular flexibility index (Phi) is 7.26. The molecule has 3 rings (SSSR count). The van der Waals surface area contributed by atoms with Gasteiger partial charge in [-0.05, 0) is 31.4 Å². The summed E-state index contributed by atoms with van der Waals surface area (Å²) in [5, 5.41) is 22.4. The lowest BCUT2D eigenvalue weighted by Crippen LogP contribution is -2.41. The van der Waals surface area contributed by atoms with Crippen molar-refractivity contribution in [1.82, 2.24) is 15.6 Å². The molecule has 0 spiro atoms. The van der Waals surface area contributed by atoms with Crippen LogP contribution in [0.5, 0.6) is 0 Å². The van der Waals surface area contributed by atoms with Gasteiger partial charge in [-0.15, -0.1) is 11.3 Å². The zero-order chi connectivity index (χ0) is 19.1. The second-order valence-electron chi connectivity index (χ2n) is 6.07. The SMILES string of the molecule is Cc1ncsc1-c1ccc([C@H](C)NC(=O)C2CC(O)CN2)cc1.O=CO. The van der Waals surface area contributed by atoms with E-state index in [-0.39, 0.29) is 24.5 Å². The number of amides is 1. The van der Waals surface area contributed by atoms with Crippen molar-refractivity contribution in [3.05, 3.63) is 41.0 Å². The maximum Gasteiger partial charge on any atom is 0.290 e. The third kappa shape index (κ3) is 5.10. The van der Waals surface area contributed by atoms with E-state index in [1.807, 2.05) is 31.5 Å². The van der Waals surface area contributed by atoms with E-state index in [0.717, 1.165) is 16.8 Å². The molecular weight excluding hydrogens is 354 g/mol. The molecule has 8 heteroatoms. The van der Waals surface area contributed by atoms with Gasteiger partial charge >= 0.3 is 0 Å². The van der Waals surface area contributed by atoms with Gasteiger partial charge in [0, 0.05) is 6.54 Å². The second kappa shape index (κ2) is 9.42. The predicted molar refractivity (Wildman–Crippen MR) is 100.0 cm³/mol. The molecule has 1 aromatic carbocycles. The number of carboxylic acid groups (broad SMARTS) is 1. The molecule has 1 amide bonds. The van der Waals surface area contributed by atoms with Crippen molar-refractivity contribution in [2.45, 2.75) is 38.5 Å². The van der Waals surface area contributed by atoms with Gasteiger partial charge in [0.05, 0.1) is 34.3 Å². The quantitative estimate of drug-likeness (QED) is 0.604. The normalized spacial score (nSPS) is 20.0. The van der Waals surface area contributed by atoms with E-state index in [9.17, 15) is 9.90 Å². The molecular formula is C18H23N3O4S. The fraction of sp³-hybridized carbons (Fsp3) is 0.389. The Hall–Kier alpha value is -2.29. The Morgan fingerprint density at radius 2 is 2.08 bits per heavy atom. The lowest BCUT2D eigenvalue weighted by molar-refractivity contribution is -0.124. The summed E-state index contributed by atoms with van der Waals surface area (Å²) in [5.74, 6) is -0.0589. The predicted octanol–water partition coefficient (Wildman–Crippen LogP) is 1.72. The fourth-order valence-corrected chi connectivity index (χ4v) is 3.63. The van der Waals surface area contributed by atoms with Crippen LogP contribution < -0.4 is 10.6 Å². The second-order valence-corrected chi connectivity index (χ2v) is 6.93. The summed E-state index contributed by atoms with van der Waals surface area (Å²) >= 11 is 1.63. The molecule has 0 saturated carbocycles. The Balaban J connectivity index is 0.000000758. The van der Waals surface area contributed by atoms with Crippen molar-refractivity contribution in [2.24, 2.45) is 0 Å². The van der Waals surface area contributed by atoms with Crippen LogP contribution in [-0.4, -0.2) is 46.3 Å². The number of nitrogens with zero attached hydrogens (tertiary/aromatic N) is 1. The third-order valence-electron chi connectivity index (χ3n) is 4.20. The van der Waals surface area contributed by atoms with E-state index in [2.05, 4.69) is 27.8 Å². The lowest BCUT2D eigenvalue weighted by Gasteiger charge is -2.18. The third-order valence-corrected chi connectivity index (χ3v) is 5.18. The molecule has 26 heavy (non-hydrogen) atoms. The topological polar surface area (TPSA) is 112 Å². The Labute approximate surface area is 156 Å². The minimum absolute atomic E-state index is 0.0589. The van der Waals surface area contributed by atoms with E-state index in [4.69, 9.17) is 9.90 Å². The van der Waals surface area contributed by atoms with Crippen molar-refractivity contribution in [3.8, 4) is 10.4 Å². The van der Waals surface area contributed by atoms with Gasteiger partial charge < -0.3 is 20.8 Å². The minimum Gasteiger partial charge on any atom is -0.483 e. The number of thiazole rings is 1. The van der Waals surface area contributed by atoms with Crippen molar-refractivity contribution >= 4 is 23.7 Å². The number of benzene rings is 1. The molecule has 2 unspecified atom stereocenters. The summed E-state index contributed by atoms with van der Waals surface area (Å²) < 4.78 is 0. The van der Waals surface area contributed by atoms with Crippen LogP contribution in [-0.2, 0) is 9.59 Å². The molecule has 2 heterocycles. The number of nitrogens with one attached hydrogen (secondary N) is 2. The van der Waals surface area contributed by atoms with Gasteiger partial charge in [0.1, 0.15) is 0 Å². The maximum absolute atomic E-state index is 12.2. The van der Waals surface area contributed by atoms with E-state index < -0.39 is 6.10 Å². The monoisotopic (exact) mass is 377 g/mol. The molecule has 1 saturated heterocycles. The highest BCUT2D eigenvalue weighted by Crippen LogP contribution is 2.28. The first-order valence-corrected chi connectivity index (χ1v) is 9.14. The Morgan fingerprint density at radius 1 is 1.42 bits per heavy atom. The molecule has 3 atom stereocenters. The summed E-state index contributed by atoms with van der Waals surface area (Å²) in [6, 6.07) is 7.84. The van der Waals surface area contributed by atoms with Crippen LogP contribution in [0.15, 0.2) is 29.8 Å². The van der Waals surface area contributed by atoms with E-state index in [1.54, 1.807) is 11.3 Å². The molecule has 0 aliphatic carbocycles. The highest BCUT2D eigenvalue weighted by atomic mass is 32.1. The fourth-order valence-electron chi connectivity index (χ4n) is 2.82. The highest BCUT2D eigenvalue weighted by molar-refractivity contribution is 7.13. The van der Waals surface area contributed by atoms with Gasteiger partial charge in [-0.2, -0.15) is 0 Å². The van der Waals surface area contributed by atoms with Crippen LogP contribution in [0.4, 0.5) is 0 Å². The molecule has 1 aliphatic heterocycles. The lowest BCUT2D eigenvalue weighted by atomic mass is 10.0. The zero-order valence-corrected chi connectivity index (χ0v) is 15.5. The summed E-state index contributed by atoms with van der Waals surface area (Å²) in [6.45, 7) is 4.21. The average Bonchev–Trinajstić information content (AvgIpc) is 3.24. The number of aliphatic hydroxyl groups is 1. The van der Waals surface area contributed by atoms with Crippen LogP contribution in [0, 0.1) is 6.92 Å². The summed E-state index contributed by atoms with van der Waals surface area (Å²) in [6.07, 6.45) is 0.0466. The molecule has 140 valence electrons. The minimum atomic E-state index is -0.428. The Morgan fingerprint density at radius 3 is 2.58 bits per heavy atom. The number of carbonyl (C=O) groups is 2. The molecule has 0 radical (unpaired) electrons. The Bertz CT molecular complexity index is 732. The molecule has 0 bridgehead atoms. The number of aryl methyl sites for hydroxylation is 1. The van der Waals surface area contributed by atoms with Crippen molar-refractivity contribution in [2.75, 3.05) is 6.54 Å². The van der Waals surface area contributed by atoms with Gasteiger partial charge in [-0.25, -0.2) is 4.98 Å². The highest BCUT2D eigenvalue weighted by Gasteiger charge is 2.28. The summed E-state index contributed by atoms with van der Waals surface area (Å²) in [5.41, 5.74) is 5.09. The van der Waals surface area contributed by atoms with Gasteiger partial charge in [-0.1, -0.05) is 24.3 Å². The first-order chi connectivity index (χ1) is 12.5. The number of aliphatic hydroxyl groups excluding tert-OH is 1. The number of aromatic nitrogens is 1. The van der Waals surface area contributed by atoms with Crippen LogP contribution in [0.2, 0.25) is 0 Å². The standard InChI is InChI=1S/C17H21N3O2S.CH2O2/c1-10(20-17(22)15-7-14(21)8-18-15)12-3-5-13(6-4-12)16-11(2)19-9-23-16;2-1-3/h3-6,9-10,14-15,18,21H,7-8H2,1-2H3,(H,20,22);1H,(H,2,3)/t10-,14?,15?;/m0./s1. The number of rotatable bonds is 4. The zero-order valence-electron chi connectivity index (χ0n) is 14.7. The molecule has 1 aliphatic rings. The van der Waals surface area contributed by atoms with E-state index >= 15 is 0 Å². The van der Waals surface area contributed by atoms with Crippen molar-refractivity contribution in [1.29, 1.82) is 0 Å². The number of hydrogen-bond donors (Lipinski definition) is 4. The first-order valence-electron chi connectivity index (χ1n) is 8.26. The van der Waals surface area contributed by atoms with Crippen LogP contribution >= 0.6 is 11.3 Å². The smallest absolute Gasteiger partial charge is 0.290 e. The van der Waals surface area contributed by atoms with E-state index in [1.165, 1.54) is 4.88 Å². The van der Waals surface area contributed by atoms with E-state index in [0.29, 0.717) is 13.0 Å². The van der Waals surface area contributed by atoms with Gasteiger partial charge in [0.25, 0.3) is 6.47 Å². The average molecular weight is 377 g/mol. The van der Waals surface area contributed by atoms with Gasteiger partial charge in [0.15, 0.2) is 0 Å². The molecule has 4 N–H and O–H groups in total. The number of carbonyl (C=O) groups excluding carboxylic acids is 1. The maximum atomic E-state index is 12.2. The van der Waals surface area contributed by atoms with Crippen molar-refractivity contribution in [3.63, 3.8) is 0 Å². The molecule has 1 fully saturated rings. The van der Waals surface area contributed by atoms with Crippen LogP contribution in [0.3, 0.4) is 0 Å². The molecule has 2 aromatic rings. The van der Waals surface area contributed by atoms with Crippen molar-refractivity contribution < 1.29 is 19.8 Å². The van der Waals surface area contributed by atoms with Gasteiger partial charge in [-0.3, -0.25) is 9.59 Å². The summed E-state index contributed by atoms with van der Waals surface area (Å²) in [4.78, 5) is 26.0. The molecule has 1 aromatic heterocycles. The van der Waals surface area contributed by atoms with Crippen LogP contribution in [0.25, 0.3) is 10.4 Å². The summed E-state index contributed by atoms with van der Waals surface area (Å²) in [7, 11) is 0. The molecule has 7 nitrogen and oxygen atoms in total. The largest absolute Gasteiger partial charge is 0.483 e. The number of β-amino-alcohol motifs (C(OH)–C–C–N with tert-alkyl or cyclic N) is 1. The van der Waals surface area contributed by atoms with Gasteiger partial charge in [0.2, 0.25) is 5.91 Å². The number of hydrogen-bond acceptors (Lipinski definition) is 6. The van der Waals surface area contributed by atoms with Crippen LogP contribution in [0.1, 0.15) is 30.6 Å². The first kappa shape index (κ1) is 20.0.